The summed E-state index contributed by atoms with van der Waals surface area (Å²) in [6.07, 6.45) is 0. The minimum Gasteiger partial charge on any atom is -0.454 e. The highest BCUT2D eigenvalue weighted by Gasteiger charge is 2.49. The van der Waals surface area contributed by atoms with Crippen LogP contribution >= 0.6 is 0 Å². The topological polar surface area (TPSA) is 21.3 Å². The first kappa shape index (κ1) is 29.7. The number of para-hydroxylation sites is 3. The lowest BCUT2D eigenvalue weighted by Gasteiger charge is -2.47. The molecule has 0 bridgehead atoms. The van der Waals surface area contributed by atoms with E-state index in [9.17, 15) is 0 Å². The van der Waals surface area contributed by atoms with Crippen LogP contribution in [0.1, 0.15) is 52.7 Å². The van der Waals surface area contributed by atoms with E-state index in [-0.39, 0.29) is 17.7 Å². The van der Waals surface area contributed by atoms with Gasteiger partial charge in [0.15, 0.2) is 5.58 Å². The smallest absolute Gasteiger partial charge is 0.333 e. The van der Waals surface area contributed by atoms with Gasteiger partial charge in [0, 0.05) is 49.5 Å². The van der Waals surface area contributed by atoms with E-state index < -0.39 is 8.07 Å². The molecule has 0 unspecified atom stereocenters. The maximum atomic E-state index is 7.02. The predicted molar refractivity (Wildman–Crippen MR) is 221 cm³/mol. The highest BCUT2D eigenvalue weighted by Crippen LogP contribution is 2.51. The van der Waals surface area contributed by atoms with Crippen LogP contribution in [0.3, 0.4) is 0 Å². The van der Waals surface area contributed by atoms with Crippen molar-refractivity contribution in [2.75, 3.05) is 4.90 Å². The molecule has 5 heterocycles. The van der Waals surface area contributed by atoms with Crippen molar-refractivity contribution in [2.24, 2.45) is 0 Å². The van der Waals surface area contributed by atoms with E-state index in [1.54, 1.807) is 0 Å². The van der Waals surface area contributed by atoms with Gasteiger partial charge in [-0.3, -0.25) is 0 Å². The number of furan rings is 1. The van der Waals surface area contributed by atoms with Crippen LogP contribution in [0.2, 0.25) is 13.1 Å². The van der Waals surface area contributed by atoms with E-state index in [0.29, 0.717) is 0 Å². The number of hydrogen-bond donors (Lipinski definition) is 0. The zero-order valence-electron chi connectivity index (χ0n) is 30.7. The van der Waals surface area contributed by atoms with Crippen molar-refractivity contribution < 1.29 is 4.42 Å². The highest BCUT2D eigenvalue weighted by atomic mass is 28.3. The molecule has 51 heavy (non-hydrogen) atoms. The van der Waals surface area contributed by atoms with E-state index >= 15 is 0 Å². The SMILES string of the molecule is CC(C)(C)c1ccc2c(c1)c1cc(C(C)(C)C)cc3c1n2B1c2cccc4c2N(c2ccccc2[Si]4(C)C)c2c1c-3cc1c2oc2ccccc21. The summed E-state index contributed by atoms with van der Waals surface area (Å²) in [6, 6.07) is 39.7. The number of anilines is 3. The fourth-order valence-electron chi connectivity index (χ4n) is 9.79. The largest absolute Gasteiger partial charge is 0.454 e. The summed E-state index contributed by atoms with van der Waals surface area (Å²) in [5.74, 6) is 0. The molecule has 6 aromatic carbocycles. The molecule has 11 rings (SSSR count). The summed E-state index contributed by atoms with van der Waals surface area (Å²) < 4.78 is 9.73. The molecule has 2 aromatic heterocycles. The minimum atomic E-state index is -2.06. The van der Waals surface area contributed by atoms with Crippen molar-refractivity contribution >= 4 is 97.0 Å². The van der Waals surface area contributed by atoms with Gasteiger partial charge in [-0.15, -0.1) is 0 Å². The molecule has 8 aromatic rings. The van der Waals surface area contributed by atoms with E-state index in [1.807, 2.05) is 0 Å². The maximum Gasteiger partial charge on any atom is 0.333 e. The zero-order valence-corrected chi connectivity index (χ0v) is 31.7. The third-order valence-corrected chi connectivity index (χ3v) is 16.0. The molecular weight excluding hydrogens is 635 g/mol. The number of hydrogen-bond acceptors (Lipinski definition) is 2. The average molecular weight is 677 g/mol. The lowest BCUT2D eigenvalue weighted by atomic mass is 9.45. The van der Waals surface area contributed by atoms with Crippen molar-refractivity contribution in [2.45, 2.75) is 65.5 Å². The van der Waals surface area contributed by atoms with Crippen LogP contribution in [0.4, 0.5) is 17.1 Å². The van der Waals surface area contributed by atoms with Crippen LogP contribution in [0.15, 0.2) is 108 Å². The molecule has 0 saturated heterocycles. The predicted octanol–water partition coefficient (Wildman–Crippen LogP) is 9.84. The Hall–Kier alpha value is -5.00. The Morgan fingerprint density at radius 1 is 0.608 bits per heavy atom. The van der Waals surface area contributed by atoms with Crippen molar-refractivity contribution in [3.05, 3.63) is 114 Å². The van der Waals surface area contributed by atoms with Crippen molar-refractivity contribution in [3.63, 3.8) is 0 Å². The molecule has 3 nitrogen and oxygen atoms in total. The molecule has 0 amide bonds. The van der Waals surface area contributed by atoms with Crippen molar-refractivity contribution in [3.8, 4) is 11.1 Å². The first-order chi connectivity index (χ1) is 24.3. The van der Waals surface area contributed by atoms with Gasteiger partial charge in [0.2, 0.25) is 0 Å². The summed E-state index contributed by atoms with van der Waals surface area (Å²) in [5, 5.41) is 8.04. The lowest BCUT2D eigenvalue weighted by molar-refractivity contribution is 0.590. The number of aromatic nitrogens is 1. The molecule has 3 aliphatic heterocycles. The second kappa shape index (κ2) is 9.26. The molecule has 248 valence electrons. The summed E-state index contributed by atoms with van der Waals surface area (Å²) in [4.78, 5) is 2.61. The van der Waals surface area contributed by atoms with Gasteiger partial charge < -0.3 is 13.8 Å². The molecule has 0 spiro atoms. The Kier molecular flexibility index (Phi) is 5.39. The Morgan fingerprint density at radius 3 is 2.14 bits per heavy atom. The van der Waals surface area contributed by atoms with Crippen molar-refractivity contribution in [1.82, 2.24) is 4.48 Å². The fourth-order valence-corrected chi connectivity index (χ4v) is 12.8. The molecule has 0 N–H and O–H groups in total. The average Bonchev–Trinajstić information content (AvgIpc) is 3.64. The summed E-state index contributed by atoms with van der Waals surface area (Å²) in [5.41, 5.74) is 16.6. The molecule has 0 fully saturated rings. The maximum absolute atomic E-state index is 7.02. The Balaban J connectivity index is 1.40. The van der Waals surface area contributed by atoms with Crippen LogP contribution in [0, 0.1) is 0 Å². The highest BCUT2D eigenvalue weighted by molar-refractivity contribution is 7.04. The second-order valence-corrected chi connectivity index (χ2v) is 22.1. The number of fused-ring (bicyclic) bond motifs is 13. The number of benzene rings is 6. The Labute approximate surface area is 300 Å². The van der Waals surface area contributed by atoms with Gasteiger partial charge in [-0.1, -0.05) is 115 Å². The fraction of sp³-hybridized carbons (Fsp3) is 0.217. The number of rotatable bonds is 0. The molecule has 0 saturated carbocycles. The van der Waals surface area contributed by atoms with E-state index in [1.165, 1.54) is 93.2 Å². The van der Waals surface area contributed by atoms with Crippen LogP contribution in [0.5, 0.6) is 0 Å². The van der Waals surface area contributed by atoms with E-state index in [0.717, 1.165) is 11.2 Å². The summed E-state index contributed by atoms with van der Waals surface area (Å²) in [7, 11) is -2.06. The third kappa shape index (κ3) is 3.60. The van der Waals surface area contributed by atoms with Gasteiger partial charge in [-0.2, -0.15) is 0 Å². The minimum absolute atomic E-state index is 0.00217. The van der Waals surface area contributed by atoms with Crippen LogP contribution in [0.25, 0.3) is 54.9 Å². The van der Waals surface area contributed by atoms with E-state index in [4.69, 9.17) is 4.42 Å². The van der Waals surface area contributed by atoms with Gasteiger partial charge in [0.1, 0.15) is 13.7 Å². The molecule has 0 atom stereocenters. The standard InChI is InChI=1S/C46H41BN2OSi/c1-45(2,3)26-20-21-35-29(22-26)31-23-27(46(4,5)6)24-32-30-25-33-28-14-9-11-17-37(28)50-44(33)43-40(30)47(49(35)41(31)32)34-15-13-19-39-42(34)48(43)36-16-10-12-18-38(36)51(39,7)8/h9-25H,1-8H3. The monoisotopic (exact) mass is 676 g/mol. The molecule has 0 aliphatic carbocycles. The lowest BCUT2D eigenvalue weighted by Crippen LogP contribution is -2.65. The van der Waals surface area contributed by atoms with E-state index in [2.05, 4.69) is 167 Å². The quantitative estimate of drug-likeness (QED) is 0.149. The first-order valence-corrected chi connectivity index (χ1v) is 21.5. The third-order valence-electron chi connectivity index (χ3n) is 12.4. The number of nitrogens with zero attached hydrogens (tertiary/aromatic N) is 2. The zero-order chi connectivity index (χ0) is 34.9. The second-order valence-electron chi connectivity index (χ2n) is 17.8. The van der Waals surface area contributed by atoms with Gasteiger partial charge in [-0.25, -0.2) is 0 Å². The Morgan fingerprint density at radius 2 is 1.33 bits per heavy atom. The normalized spacial score (nSPS) is 15.5. The summed E-state index contributed by atoms with van der Waals surface area (Å²) in [6.45, 7) is 19.1. The molecule has 5 heteroatoms. The van der Waals surface area contributed by atoms with Crippen LogP contribution in [-0.4, -0.2) is 19.4 Å². The molecule has 3 aliphatic rings. The molecule has 0 radical (unpaired) electrons. The molecular formula is C46H41BN2OSi. The first-order valence-electron chi connectivity index (χ1n) is 18.5. The summed E-state index contributed by atoms with van der Waals surface area (Å²) >= 11 is 0. The van der Waals surface area contributed by atoms with Crippen molar-refractivity contribution in [1.29, 1.82) is 0 Å². The Bertz CT molecular complexity index is 2880. The van der Waals surface area contributed by atoms with Gasteiger partial charge in [0.05, 0.1) is 5.69 Å². The van der Waals surface area contributed by atoms with Gasteiger partial charge >= 0.3 is 6.85 Å². The van der Waals surface area contributed by atoms with Crippen LogP contribution < -0.4 is 26.2 Å². The van der Waals surface area contributed by atoms with Gasteiger partial charge in [0.25, 0.3) is 0 Å². The van der Waals surface area contributed by atoms with Crippen LogP contribution in [-0.2, 0) is 10.8 Å². The van der Waals surface area contributed by atoms with Gasteiger partial charge in [-0.05, 0) is 91.3 Å².